The summed E-state index contributed by atoms with van der Waals surface area (Å²) in [4.78, 5) is 14.1. The summed E-state index contributed by atoms with van der Waals surface area (Å²) in [5.74, 6) is -0.0679. The first-order valence-corrected chi connectivity index (χ1v) is 6.59. The fraction of sp³-hybridized carbons (Fsp3) is 0.429. The molecule has 6 nitrogen and oxygen atoms in total. The third kappa shape index (κ3) is 3.79. The highest BCUT2D eigenvalue weighted by molar-refractivity contribution is 5.97. The van der Waals surface area contributed by atoms with E-state index >= 15 is 0 Å². The first kappa shape index (κ1) is 14.5. The molecule has 2 aromatic rings. The highest BCUT2D eigenvalue weighted by Crippen LogP contribution is 2.12. The summed E-state index contributed by atoms with van der Waals surface area (Å²) in [6.07, 6.45) is 1.74. The second-order valence-electron chi connectivity index (χ2n) is 4.72. The number of nitrogens with one attached hydrogen (secondary N) is 2. The molecule has 2 N–H and O–H groups in total. The molecule has 0 bridgehead atoms. The van der Waals surface area contributed by atoms with Gasteiger partial charge in [-0.05, 0) is 19.2 Å². The molecule has 1 heterocycles. The van der Waals surface area contributed by atoms with Crippen LogP contribution in [-0.4, -0.2) is 61.4 Å². The minimum atomic E-state index is -0.0679. The number of likely N-dealkylation sites (N-methyl/N-ethyl adjacent to an activating group) is 1. The van der Waals surface area contributed by atoms with Crippen molar-refractivity contribution in [2.24, 2.45) is 0 Å². The lowest BCUT2D eigenvalue weighted by Gasteiger charge is -2.16. The van der Waals surface area contributed by atoms with Gasteiger partial charge in [0.15, 0.2) is 0 Å². The Balaban J connectivity index is 1.82. The van der Waals surface area contributed by atoms with Crippen molar-refractivity contribution in [1.82, 2.24) is 20.4 Å². The predicted octanol–water partition coefficient (Wildman–Crippen LogP) is 0.871. The summed E-state index contributed by atoms with van der Waals surface area (Å²) in [5, 5.41) is 10.7. The molecule has 0 fully saturated rings. The van der Waals surface area contributed by atoms with E-state index in [1.807, 2.05) is 25.2 Å². The maximum Gasteiger partial charge on any atom is 0.251 e. The number of methoxy groups -OCH3 is 1. The fourth-order valence-corrected chi connectivity index (χ4v) is 1.90. The van der Waals surface area contributed by atoms with Crippen LogP contribution in [0.1, 0.15) is 10.4 Å². The molecule has 0 aliphatic heterocycles. The van der Waals surface area contributed by atoms with Crippen molar-refractivity contribution in [3.8, 4) is 0 Å². The second-order valence-corrected chi connectivity index (χ2v) is 4.72. The minimum absolute atomic E-state index is 0.0679. The number of fused-ring (bicyclic) bond motifs is 1. The van der Waals surface area contributed by atoms with Gasteiger partial charge in [-0.15, -0.1) is 0 Å². The van der Waals surface area contributed by atoms with Crippen molar-refractivity contribution in [1.29, 1.82) is 0 Å². The van der Waals surface area contributed by atoms with Crippen LogP contribution in [0.5, 0.6) is 0 Å². The standard InChI is InChI=1S/C14H20N4O2/c1-18(7-8-20-2)6-5-15-14(19)11-3-4-12-10-16-17-13(12)9-11/h3-4,9-10H,5-8H2,1-2H3,(H,15,19)(H,16,17). The van der Waals surface area contributed by atoms with Gasteiger partial charge < -0.3 is 15.0 Å². The highest BCUT2D eigenvalue weighted by atomic mass is 16.5. The summed E-state index contributed by atoms with van der Waals surface area (Å²) in [5.41, 5.74) is 1.51. The van der Waals surface area contributed by atoms with E-state index in [1.54, 1.807) is 13.3 Å². The molecule has 0 atom stereocenters. The second kappa shape index (κ2) is 7.02. The number of nitrogens with zero attached hydrogens (tertiary/aromatic N) is 2. The molecule has 0 unspecified atom stereocenters. The van der Waals surface area contributed by atoms with Crippen LogP contribution < -0.4 is 5.32 Å². The SMILES string of the molecule is COCCN(C)CCNC(=O)c1ccc2cn[nH]c2c1. The first-order valence-electron chi connectivity index (χ1n) is 6.59. The van der Waals surface area contributed by atoms with Crippen LogP contribution in [0.15, 0.2) is 24.4 Å². The Kier molecular flexibility index (Phi) is 5.09. The smallest absolute Gasteiger partial charge is 0.251 e. The Morgan fingerprint density at radius 1 is 1.45 bits per heavy atom. The normalized spacial score (nSPS) is 11.2. The van der Waals surface area contributed by atoms with Crippen LogP contribution in [0.4, 0.5) is 0 Å². The zero-order valence-corrected chi connectivity index (χ0v) is 11.8. The third-order valence-corrected chi connectivity index (χ3v) is 3.16. The third-order valence-electron chi connectivity index (χ3n) is 3.16. The number of hydrogen-bond acceptors (Lipinski definition) is 4. The van der Waals surface area contributed by atoms with Crippen molar-refractivity contribution in [3.63, 3.8) is 0 Å². The van der Waals surface area contributed by atoms with Gasteiger partial charge in [-0.2, -0.15) is 5.10 Å². The van der Waals surface area contributed by atoms with Crippen LogP contribution in [0.3, 0.4) is 0 Å². The van der Waals surface area contributed by atoms with E-state index in [2.05, 4.69) is 20.4 Å². The largest absolute Gasteiger partial charge is 0.383 e. The van der Waals surface area contributed by atoms with Crippen molar-refractivity contribution in [3.05, 3.63) is 30.0 Å². The summed E-state index contributed by atoms with van der Waals surface area (Å²) >= 11 is 0. The van der Waals surface area contributed by atoms with Crippen molar-refractivity contribution < 1.29 is 9.53 Å². The number of benzene rings is 1. The van der Waals surface area contributed by atoms with E-state index < -0.39 is 0 Å². The van der Waals surface area contributed by atoms with Gasteiger partial charge in [-0.1, -0.05) is 6.07 Å². The van der Waals surface area contributed by atoms with Crippen LogP contribution in [0, 0.1) is 0 Å². The van der Waals surface area contributed by atoms with Gasteiger partial charge in [0.05, 0.1) is 18.3 Å². The summed E-state index contributed by atoms with van der Waals surface area (Å²) in [7, 11) is 3.68. The maximum absolute atomic E-state index is 12.0. The Labute approximate surface area is 118 Å². The van der Waals surface area contributed by atoms with Gasteiger partial charge >= 0.3 is 0 Å². The Morgan fingerprint density at radius 3 is 3.10 bits per heavy atom. The number of rotatable bonds is 7. The van der Waals surface area contributed by atoms with Crippen LogP contribution in [0.25, 0.3) is 10.9 Å². The summed E-state index contributed by atoms with van der Waals surface area (Å²) in [6.45, 7) is 2.95. The monoisotopic (exact) mass is 276 g/mol. The number of carbonyl (C=O) groups excluding carboxylic acids is 1. The molecule has 108 valence electrons. The Hall–Kier alpha value is -1.92. The number of ether oxygens (including phenoxy) is 1. The van der Waals surface area contributed by atoms with Crippen molar-refractivity contribution in [2.75, 3.05) is 40.4 Å². The van der Waals surface area contributed by atoms with Gasteiger partial charge in [0, 0.05) is 37.7 Å². The van der Waals surface area contributed by atoms with E-state index in [9.17, 15) is 4.79 Å². The number of aromatic nitrogens is 2. The average molecular weight is 276 g/mol. The number of hydrogen-bond donors (Lipinski definition) is 2. The molecule has 1 aromatic heterocycles. The molecule has 0 aliphatic carbocycles. The number of aromatic amines is 1. The lowest BCUT2D eigenvalue weighted by molar-refractivity contribution is 0.0947. The van der Waals surface area contributed by atoms with Gasteiger partial charge in [0.1, 0.15) is 0 Å². The lowest BCUT2D eigenvalue weighted by atomic mass is 10.1. The topological polar surface area (TPSA) is 70.2 Å². The summed E-state index contributed by atoms with van der Waals surface area (Å²) < 4.78 is 5.00. The van der Waals surface area contributed by atoms with Gasteiger partial charge in [-0.25, -0.2) is 0 Å². The number of amides is 1. The maximum atomic E-state index is 12.0. The zero-order valence-electron chi connectivity index (χ0n) is 11.8. The molecular formula is C14H20N4O2. The number of carbonyl (C=O) groups is 1. The molecule has 20 heavy (non-hydrogen) atoms. The van der Waals surface area contributed by atoms with Gasteiger partial charge in [0.2, 0.25) is 0 Å². The molecule has 0 spiro atoms. The molecular weight excluding hydrogens is 256 g/mol. The average Bonchev–Trinajstić information content (AvgIpc) is 2.92. The van der Waals surface area contributed by atoms with E-state index in [0.717, 1.165) is 24.0 Å². The molecule has 1 amide bonds. The number of H-pyrrole nitrogens is 1. The molecule has 1 aromatic carbocycles. The Bertz CT molecular complexity index is 567. The highest BCUT2D eigenvalue weighted by Gasteiger charge is 2.07. The van der Waals surface area contributed by atoms with Gasteiger partial charge in [-0.3, -0.25) is 9.89 Å². The van der Waals surface area contributed by atoms with E-state index in [4.69, 9.17) is 4.74 Å². The van der Waals surface area contributed by atoms with Crippen molar-refractivity contribution in [2.45, 2.75) is 0 Å². The van der Waals surface area contributed by atoms with E-state index in [-0.39, 0.29) is 5.91 Å². The molecule has 0 saturated carbocycles. The molecule has 2 rings (SSSR count). The lowest BCUT2D eigenvalue weighted by Crippen LogP contribution is -2.34. The van der Waals surface area contributed by atoms with E-state index in [0.29, 0.717) is 18.7 Å². The zero-order chi connectivity index (χ0) is 14.4. The van der Waals surface area contributed by atoms with Crippen LogP contribution in [-0.2, 0) is 4.74 Å². The fourth-order valence-electron chi connectivity index (χ4n) is 1.90. The quantitative estimate of drug-likeness (QED) is 0.787. The predicted molar refractivity (Wildman–Crippen MR) is 77.8 cm³/mol. The molecule has 0 aliphatic rings. The van der Waals surface area contributed by atoms with Crippen molar-refractivity contribution >= 4 is 16.8 Å². The first-order chi connectivity index (χ1) is 9.70. The Morgan fingerprint density at radius 2 is 2.30 bits per heavy atom. The minimum Gasteiger partial charge on any atom is -0.383 e. The molecule has 6 heteroatoms. The molecule has 0 radical (unpaired) electrons. The van der Waals surface area contributed by atoms with Crippen LogP contribution in [0.2, 0.25) is 0 Å². The summed E-state index contributed by atoms with van der Waals surface area (Å²) in [6, 6.07) is 5.51. The van der Waals surface area contributed by atoms with Gasteiger partial charge in [0.25, 0.3) is 5.91 Å². The van der Waals surface area contributed by atoms with E-state index in [1.165, 1.54) is 0 Å². The molecule has 0 saturated heterocycles. The van der Waals surface area contributed by atoms with Crippen LogP contribution >= 0.6 is 0 Å².